The van der Waals surface area contributed by atoms with E-state index in [1.807, 2.05) is 0 Å². The number of methoxy groups -OCH3 is 1. The summed E-state index contributed by atoms with van der Waals surface area (Å²) in [6.07, 6.45) is 1.71. The Kier molecular flexibility index (Phi) is 3.65. The van der Waals surface area contributed by atoms with Crippen LogP contribution in [0.4, 0.5) is 0 Å². The van der Waals surface area contributed by atoms with Crippen molar-refractivity contribution in [3.05, 3.63) is 17.5 Å². The molecular weight excluding hydrogens is 212 g/mol. The van der Waals surface area contributed by atoms with Crippen LogP contribution in [0.3, 0.4) is 0 Å². The van der Waals surface area contributed by atoms with Crippen LogP contribution in [-0.4, -0.2) is 33.9 Å². The first kappa shape index (κ1) is 12.2. The number of carbonyl (C=O) groups is 2. The summed E-state index contributed by atoms with van der Waals surface area (Å²) in [5.41, 5.74) is 0.584. The zero-order valence-corrected chi connectivity index (χ0v) is 9.43. The molecule has 1 heterocycles. The fourth-order valence-corrected chi connectivity index (χ4v) is 1.61. The van der Waals surface area contributed by atoms with Gasteiger partial charge in [-0.1, -0.05) is 6.92 Å². The second-order valence-electron chi connectivity index (χ2n) is 3.36. The largest absolute Gasteiger partial charge is 0.481 e. The van der Waals surface area contributed by atoms with Crippen molar-refractivity contribution >= 4 is 11.9 Å². The average molecular weight is 226 g/mol. The normalized spacial score (nSPS) is 12.2. The van der Waals surface area contributed by atoms with E-state index in [-0.39, 0.29) is 5.56 Å². The number of esters is 1. The molecule has 6 heteroatoms. The number of carbonyl (C=O) groups excluding carboxylic acids is 1. The van der Waals surface area contributed by atoms with E-state index in [0.717, 1.165) is 0 Å². The molecule has 0 aliphatic heterocycles. The summed E-state index contributed by atoms with van der Waals surface area (Å²) in [5, 5.41) is 12.9. The highest BCUT2D eigenvalue weighted by atomic mass is 16.5. The first-order valence-corrected chi connectivity index (χ1v) is 4.85. The average Bonchev–Trinajstić information content (AvgIpc) is 2.61. The van der Waals surface area contributed by atoms with Gasteiger partial charge in [-0.2, -0.15) is 5.10 Å². The minimum atomic E-state index is -0.976. The molecule has 1 aromatic rings. The standard InChI is InChI=1S/C10H14N2O4/c1-4-6(9(13)14)8-7(10(15)16-3)5-11-12(8)2/h5-6H,4H2,1-3H3,(H,13,14). The molecule has 88 valence electrons. The van der Waals surface area contributed by atoms with Crippen LogP contribution in [-0.2, 0) is 16.6 Å². The Bertz CT molecular complexity index is 411. The van der Waals surface area contributed by atoms with Gasteiger partial charge in [0.25, 0.3) is 0 Å². The Morgan fingerprint density at radius 3 is 2.69 bits per heavy atom. The van der Waals surface area contributed by atoms with Gasteiger partial charge < -0.3 is 9.84 Å². The van der Waals surface area contributed by atoms with Crippen molar-refractivity contribution in [2.24, 2.45) is 7.05 Å². The summed E-state index contributed by atoms with van der Waals surface area (Å²) in [4.78, 5) is 22.5. The molecule has 0 fully saturated rings. The molecular formula is C10H14N2O4. The summed E-state index contributed by atoms with van der Waals surface area (Å²) in [7, 11) is 2.86. The molecule has 1 rings (SSSR count). The van der Waals surface area contributed by atoms with Gasteiger partial charge in [0.15, 0.2) is 0 Å². The van der Waals surface area contributed by atoms with E-state index >= 15 is 0 Å². The zero-order valence-electron chi connectivity index (χ0n) is 9.43. The van der Waals surface area contributed by atoms with Crippen LogP contribution in [0.2, 0.25) is 0 Å². The van der Waals surface area contributed by atoms with E-state index in [2.05, 4.69) is 9.84 Å². The summed E-state index contributed by atoms with van der Waals surface area (Å²) in [5.74, 6) is -2.29. The van der Waals surface area contributed by atoms with Crippen LogP contribution in [0.1, 0.15) is 35.3 Å². The van der Waals surface area contributed by atoms with Gasteiger partial charge in [0.05, 0.1) is 24.9 Å². The monoisotopic (exact) mass is 226 g/mol. The summed E-state index contributed by atoms with van der Waals surface area (Å²) >= 11 is 0. The third-order valence-corrected chi connectivity index (χ3v) is 2.43. The van der Waals surface area contributed by atoms with E-state index in [0.29, 0.717) is 12.1 Å². The molecule has 1 unspecified atom stereocenters. The lowest BCUT2D eigenvalue weighted by molar-refractivity contribution is -0.139. The highest BCUT2D eigenvalue weighted by Gasteiger charge is 2.27. The molecule has 0 bridgehead atoms. The van der Waals surface area contributed by atoms with Crippen molar-refractivity contribution in [1.82, 2.24) is 9.78 Å². The summed E-state index contributed by atoms with van der Waals surface area (Å²) in [6.45, 7) is 1.74. The predicted octanol–water partition coefficient (Wildman–Crippen LogP) is 0.785. The SMILES string of the molecule is CCC(C(=O)O)c1c(C(=O)OC)cnn1C. The molecule has 16 heavy (non-hydrogen) atoms. The molecule has 0 amide bonds. The van der Waals surface area contributed by atoms with Gasteiger partial charge in [0.2, 0.25) is 0 Å². The molecule has 0 saturated heterocycles. The van der Waals surface area contributed by atoms with Crippen molar-refractivity contribution in [1.29, 1.82) is 0 Å². The number of carboxylic acid groups (broad SMARTS) is 1. The Hall–Kier alpha value is -1.85. The lowest BCUT2D eigenvalue weighted by atomic mass is 9.99. The molecule has 0 saturated carbocycles. The van der Waals surface area contributed by atoms with Gasteiger partial charge >= 0.3 is 11.9 Å². The fourth-order valence-electron chi connectivity index (χ4n) is 1.61. The lowest BCUT2D eigenvalue weighted by Crippen LogP contribution is -2.18. The van der Waals surface area contributed by atoms with Crippen molar-refractivity contribution in [3.8, 4) is 0 Å². The Labute approximate surface area is 92.8 Å². The zero-order chi connectivity index (χ0) is 12.3. The van der Waals surface area contributed by atoms with E-state index in [4.69, 9.17) is 5.11 Å². The van der Waals surface area contributed by atoms with Gasteiger partial charge in [-0.25, -0.2) is 4.79 Å². The van der Waals surface area contributed by atoms with Gasteiger partial charge in [-0.3, -0.25) is 9.48 Å². The van der Waals surface area contributed by atoms with Crippen LogP contribution < -0.4 is 0 Å². The summed E-state index contributed by atoms with van der Waals surface area (Å²) in [6, 6.07) is 0. The molecule has 1 N–H and O–H groups in total. The smallest absolute Gasteiger partial charge is 0.341 e. The second-order valence-corrected chi connectivity index (χ2v) is 3.36. The number of aliphatic carboxylic acids is 1. The summed E-state index contributed by atoms with van der Waals surface area (Å²) < 4.78 is 5.98. The molecule has 0 aliphatic carbocycles. The van der Waals surface area contributed by atoms with Crippen LogP contribution >= 0.6 is 0 Å². The Morgan fingerprint density at radius 1 is 1.62 bits per heavy atom. The Balaban J connectivity index is 3.24. The first-order chi connectivity index (χ1) is 7.52. The van der Waals surface area contributed by atoms with Gasteiger partial charge in [0, 0.05) is 7.05 Å². The molecule has 1 atom stereocenters. The highest BCUT2D eigenvalue weighted by molar-refractivity contribution is 5.92. The van der Waals surface area contributed by atoms with E-state index in [1.165, 1.54) is 18.0 Å². The van der Waals surface area contributed by atoms with Crippen molar-refractivity contribution in [2.45, 2.75) is 19.3 Å². The van der Waals surface area contributed by atoms with E-state index < -0.39 is 17.9 Å². The van der Waals surface area contributed by atoms with Crippen molar-refractivity contribution < 1.29 is 19.4 Å². The molecule has 0 spiro atoms. The minimum Gasteiger partial charge on any atom is -0.481 e. The molecule has 0 aliphatic rings. The van der Waals surface area contributed by atoms with Crippen LogP contribution in [0.5, 0.6) is 0 Å². The minimum absolute atomic E-state index is 0.208. The van der Waals surface area contributed by atoms with Gasteiger partial charge in [-0.05, 0) is 6.42 Å². The van der Waals surface area contributed by atoms with E-state index in [1.54, 1.807) is 14.0 Å². The van der Waals surface area contributed by atoms with Gasteiger partial charge in [-0.15, -0.1) is 0 Å². The maximum absolute atomic E-state index is 11.4. The number of nitrogens with zero attached hydrogens (tertiary/aromatic N) is 2. The number of rotatable bonds is 4. The van der Waals surface area contributed by atoms with Crippen LogP contribution in [0, 0.1) is 0 Å². The third-order valence-electron chi connectivity index (χ3n) is 2.43. The predicted molar refractivity (Wildman–Crippen MR) is 55.2 cm³/mol. The molecule has 6 nitrogen and oxygen atoms in total. The van der Waals surface area contributed by atoms with Crippen LogP contribution in [0.15, 0.2) is 6.20 Å². The Morgan fingerprint density at radius 2 is 2.25 bits per heavy atom. The molecule has 1 aromatic heterocycles. The number of carboxylic acids is 1. The quantitative estimate of drug-likeness (QED) is 0.767. The maximum Gasteiger partial charge on any atom is 0.341 e. The first-order valence-electron chi connectivity index (χ1n) is 4.85. The fraction of sp³-hybridized carbons (Fsp3) is 0.500. The van der Waals surface area contributed by atoms with E-state index in [9.17, 15) is 9.59 Å². The molecule has 0 aromatic carbocycles. The topological polar surface area (TPSA) is 81.4 Å². The number of aryl methyl sites for hydroxylation is 1. The van der Waals surface area contributed by atoms with Crippen molar-refractivity contribution in [2.75, 3.05) is 7.11 Å². The third kappa shape index (κ3) is 2.05. The number of hydrogen-bond acceptors (Lipinski definition) is 4. The van der Waals surface area contributed by atoms with Gasteiger partial charge in [0.1, 0.15) is 5.56 Å². The highest BCUT2D eigenvalue weighted by Crippen LogP contribution is 2.23. The number of ether oxygens (including phenoxy) is 1. The number of hydrogen-bond donors (Lipinski definition) is 1. The van der Waals surface area contributed by atoms with Crippen molar-refractivity contribution in [3.63, 3.8) is 0 Å². The maximum atomic E-state index is 11.4. The second kappa shape index (κ2) is 4.78. The molecule has 0 radical (unpaired) electrons. The number of aromatic nitrogens is 2. The van der Waals surface area contributed by atoms with Crippen LogP contribution in [0.25, 0.3) is 0 Å². The lowest BCUT2D eigenvalue weighted by Gasteiger charge is -2.11.